The number of carbonyl (C=O) groups is 1. The number of hydrogen-bond acceptors (Lipinski definition) is 5. The van der Waals surface area contributed by atoms with Crippen LogP contribution in [0.15, 0.2) is 72.8 Å². The van der Waals surface area contributed by atoms with E-state index in [1.165, 1.54) is 0 Å². The lowest BCUT2D eigenvalue weighted by Crippen LogP contribution is -2.33. The first-order valence-corrected chi connectivity index (χ1v) is 11.6. The quantitative estimate of drug-likeness (QED) is 0.343. The summed E-state index contributed by atoms with van der Waals surface area (Å²) in [6.45, 7) is 2.69. The molecule has 0 aliphatic carbocycles. The van der Waals surface area contributed by atoms with Crippen LogP contribution in [-0.2, 0) is 10.3 Å². The Balaban J connectivity index is 1.71. The number of nitrogens with zero attached hydrogens (tertiary/aromatic N) is 1. The summed E-state index contributed by atoms with van der Waals surface area (Å²) >= 11 is 0. The summed E-state index contributed by atoms with van der Waals surface area (Å²) in [6.07, 6.45) is 0.899. The highest BCUT2D eigenvalue weighted by Crippen LogP contribution is 2.58. The van der Waals surface area contributed by atoms with Gasteiger partial charge >= 0.3 is 5.97 Å². The number of anilines is 1. The van der Waals surface area contributed by atoms with Gasteiger partial charge in [0.2, 0.25) is 0 Å². The molecule has 6 rings (SSSR count). The van der Waals surface area contributed by atoms with E-state index in [9.17, 15) is 4.79 Å². The molecular formula is C29H25NO4. The molecule has 4 aromatic rings. The molecule has 1 spiro atoms. The van der Waals surface area contributed by atoms with Crippen LogP contribution in [0.4, 0.5) is 5.69 Å². The van der Waals surface area contributed by atoms with Gasteiger partial charge in [0.15, 0.2) is 5.60 Å². The van der Waals surface area contributed by atoms with Gasteiger partial charge in [-0.3, -0.25) is 0 Å². The average Bonchev–Trinajstić information content (AvgIpc) is 3.15. The molecule has 5 nitrogen and oxygen atoms in total. The highest BCUT2D eigenvalue weighted by molar-refractivity contribution is 6.00. The molecule has 0 N–H and O–H groups in total. The van der Waals surface area contributed by atoms with Gasteiger partial charge in [-0.2, -0.15) is 0 Å². The number of benzene rings is 4. The summed E-state index contributed by atoms with van der Waals surface area (Å²) in [7, 11) is 3.98. The van der Waals surface area contributed by atoms with Crippen molar-refractivity contribution in [2.75, 3.05) is 25.6 Å². The first kappa shape index (κ1) is 20.6. The highest BCUT2D eigenvalue weighted by atomic mass is 16.6. The van der Waals surface area contributed by atoms with Gasteiger partial charge in [0.25, 0.3) is 0 Å². The van der Waals surface area contributed by atoms with Crippen LogP contribution >= 0.6 is 0 Å². The summed E-state index contributed by atoms with van der Waals surface area (Å²) in [5.74, 6) is 1.76. The zero-order chi connectivity index (χ0) is 23.4. The van der Waals surface area contributed by atoms with Gasteiger partial charge in [-0.15, -0.1) is 0 Å². The van der Waals surface area contributed by atoms with Crippen LogP contribution in [0.5, 0.6) is 17.2 Å². The molecule has 0 saturated heterocycles. The normalized spacial score (nSPS) is 17.6. The Morgan fingerprint density at radius 1 is 0.912 bits per heavy atom. The molecule has 0 aromatic heterocycles. The second-order valence-corrected chi connectivity index (χ2v) is 8.94. The first-order chi connectivity index (χ1) is 16.5. The molecule has 4 aromatic carbocycles. The Labute approximate surface area is 198 Å². The fraction of sp³-hybridized carbons (Fsp3) is 0.207. The fourth-order valence-electron chi connectivity index (χ4n) is 5.07. The van der Waals surface area contributed by atoms with Crippen LogP contribution < -0.4 is 14.4 Å². The predicted molar refractivity (Wildman–Crippen MR) is 132 cm³/mol. The molecule has 34 heavy (non-hydrogen) atoms. The third-order valence-corrected chi connectivity index (χ3v) is 6.65. The zero-order valence-corrected chi connectivity index (χ0v) is 19.4. The van der Waals surface area contributed by atoms with Crippen molar-refractivity contribution in [3.8, 4) is 17.2 Å². The lowest BCUT2D eigenvalue weighted by atomic mass is 9.77. The van der Waals surface area contributed by atoms with E-state index in [2.05, 4.69) is 6.92 Å². The van der Waals surface area contributed by atoms with Crippen LogP contribution in [0.3, 0.4) is 0 Å². The van der Waals surface area contributed by atoms with Crippen LogP contribution in [0.2, 0.25) is 0 Å². The number of rotatable bonds is 4. The maximum Gasteiger partial charge on any atom is 0.340 e. The maximum absolute atomic E-state index is 13.1. The lowest BCUT2D eigenvalue weighted by molar-refractivity contribution is 0.0225. The Hall–Kier alpha value is -3.99. The fourth-order valence-corrected chi connectivity index (χ4v) is 5.07. The van der Waals surface area contributed by atoms with Crippen molar-refractivity contribution in [1.82, 2.24) is 0 Å². The Kier molecular flexibility index (Phi) is 4.56. The van der Waals surface area contributed by atoms with Crippen molar-refractivity contribution in [3.63, 3.8) is 0 Å². The largest absolute Gasteiger partial charge is 0.493 e. The average molecular weight is 452 g/mol. The minimum atomic E-state index is -1.09. The van der Waals surface area contributed by atoms with Crippen molar-refractivity contribution >= 4 is 22.4 Å². The van der Waals surface area contributed by atoms with E-state index in [4.69, 9.17) is 14.2 Å². The van der Waals surface area contributed by atoms with E-state index in [-0.39, 0.29) is 5.97 Å². The zero-order valence-electron chi connectivity index (χ0n) is 19.4. The van der Waals surface area contributed by atoms with Crippen LogP contribution in [-0.4, -0.2) is 26.7 Å². The van der Waals surface area contributed by atoms with Gasteiger partial charge in [-0.05, 0) is 42.1 Å². The molecule has 0 radical (unpaired) electrons. The summed E-state index contributed by atoms with van der Waals surface area (Å²) in [5.41, 5.74) is 2.93. The SMILES string of the molecule is CCCOc1cccc2ccc3c(c12)Oc1cc(N(C)C)ccc1C31OC(=O)c2ccccc21. The summed E-state index contributed by atoms with van der Waals surface area (Å²) in [4.78, 5) is 15.1. The Bertz CT molecular complexity index is 1460. The van der Waals surface area contributed by atoms with E-state index in [0.29, 0.717) is 23.7 Å². The molecule has 0 amide bonds. The van der Waals surface area contributed by atoms with Crippen molar-refractivity contribution in [2.45, 2.75) is 18.9 Å². The minimum Gasteiger partial charge on any atom is -0.493 e. The van der Waals surface area contributed by atoms with Crippen molar-refractivity contribution in [2.24, 2.45) is 0 Å². The molecule has 0 bridgehead atoms. The van der Waals surface area contributed by atoms with E-state index < -0.39 is 5.60 Å². The van der Waals surface area contributed by atoms with Gasteiger partial charge < -0.3 is 19.1 Å². The third kappa shape index (κ3) is 2.76. The Morgan fingerprint density at radius 3 is 2.56 bits per heavy atom. The molecule has 170 valence electrons. The molecule has 1 atom stereocenters. The Morgan fingerprint density at radius 2 is 1.74 bits per heavy atom. The van der Waals surface area contributed by atoms with Gasteiger partial charge in [0, 0.05) is 42.5 Å². The van der Waals surface area contributed by atoms with Crippen LogP contribution in [0.1, 0.15) is 40.4 Å². The third-order valence-electron chi connectivity index (χ3n) is 6.65. The van der Waals surface area contributed by atoms with E-state index in [1.54, 1.807) is 0 Å². The summed E-state index contributed by atoms with van der Waals surface area (Å²) in [5, 5.41) is 1.89. The highest BCUT2D eigenvalue weighted by Gasteiger charge is 2.53. The topological polar surface area (TPSA) is 48.0 Å². The summed E-state index contributed by atoms with van der Waals surface area (Å²) in [6, 6.07) is 23.7. The lowest BCUT2D eigenvalue weighted by Gasteiger charge is -2.37. The van der Waals surface area contributed by atoms with Crippen molar-refractivity contribution in [3.05, 3.63) is 95.1 Å². The number of hydrogen-bond donors (Lipinski definition) is 0. The molecule has 5 heteroatoms. The number of carbonyl (C=O) groups excluding carboxylic acids is 1. The molecule has 2 heterocycles. The molecule has 2 aliphatic heterocycles. The standard InChI is InChI=1S/C29H25NO4/c1-4-16-32-24-11-7-8-18-12-14-23-27(26(18)24)33-25-17-19(30(2)3)13-15-22(25)29(23)21-10-6-5-9-20(21)28(31)34-29/h5-15,17H,4,16H2,1-3H3. The van der Waals surface area contributed by atoms with E-state index >= 15 is 0 Å². The van der Waals surface area contributed by atoms with Crippen molar-refractivity contribution < 1.29 is 19.0 Å². The van der Waals surface area contributed by atoms with Gasteiger partial charge in [0.1, 0.15) is 17.2 Å². The van der Waals surface area contributed by atoms with Gasteiger partial charge in [-0.25, -0.2) is 4.79 Å². The molecule has 0 saturated carbocycles. The number of fused-ring (bicyclic) bond motifs is 8. The smallest absolute Gasteiger partial charge is 0.340 e. The van der Waals surface area contributed by atoms with Gasteiger partial charge in [-0.1, -0.05) is 43.3 Å². The molecule has 1 unspecified atom stereocenters. The second kappa shape index (κ2) is 7.52. The molecule has 0 fully saturated rings. The predicted octanol–water partition coefficient (Wildman–Crippen LogP) is 6.26. The van der Waals surface area contributed by atoms with Crippen LogP contribution in [0.25, 0.3) is 10.8 Å². The number of ether oxygens (including phenoxy) is 3. The molecular weight excluding hydrogens is 426 g/mol. The molecule has 2 aliphatic rings. The van der Waals surface area contributed by atoms with Crippen molar-refractivity contribution in [1.29, 1.82) is 0 Å². The van der Waals surface area contributed by atoms with E-state index in [1.807, 2.05) is 91.8 Å². The summed E-state index contributed by atoms with van der Waals surface area (Å²) < 4.78 is 19.1. The van der Waals surface area contributed by atoms with Crippen LogP contribution in [0, 0.1) is 0 Å². The van der Waals surface area contributed by atoms with E-state index in [0.717, 1.165) is 45.3 Å². The number of esters is 1. The monoisotopic (exact) mass is 451 g/mol. The first-order valence-electron chi connectivity index (χ1n) is 11.6. The maximum atomic E-state index is 13.1. The minimum absolute atomic E-state index is 0.332. The van der Waals surface area contributed by atoms with Gasteiger partial charge in [0.05, 0.1) is 17.6 Å². The second-order valence-electron chi connectivity index (χ2n) is 8.94.